The van der Waals surface area contributed by atoms with Crippen LogP contribution in [0, 0.1) is 20.8 Å². The predicted octanol–water partition coefficient (Wildman–Crippen LogP) is 6.37. The third kappa shape index (κ3) is 3.13. The average Bonchev–Trinajstić information content (AvgIpc) is 3.28. The van der Waals surface area contributed by atoms with E-state index in [0.29, 0.717) is 5.92 Å². The van der Waals surface area contributed by atoms with Gasteiger partial charge in [0.25, 0.3) is 0 Å². The van der Waals surface area contributed by atoms with Gasteiger partial charge in [0.2, 0.25) is 0 Å². The number of aryl methyl sites for hydroxylation is 3. The van der Waals surface area contributed by atoms with E-state index >= 15 is 0 Å². The average molecular weight is 381 g/mol. The summed E-state index contributed by atoms with van der Waals surface area (Å²) in [5.74, 6) is 0.493. The summed E-state index contributed by atoms with van der Waals surface area (Å²) in [5.41, 5.74) is 11.2. The zero-order chi connectivity index (χ0) is 20.0. The normalized spacial score (nSPS) is 15.1. The van der Waals surface area contributed by atoms with Crippen molar-refractivity contribution in [2.45, 2.75) is 33.1 Å². The molecule has 1 heterocycles. The third-order valence-corrected chi connectivity index (χ3v) is 6.38. The van der Waals surface area contributed by atoms with Crippen molar-refractivity contribution in [2.75, 3.05) is 18.1 Å². The van der Waals surface area contributed by atoms with Gasteiger partial charge in [-0.1, -0.05) is 66.2 Å². The van der Waals surface area contributed by atoms with Crippen molar-refractivity contribution < 1.29 is 0 Å². The van der Waals surface area contributed by atoms with Gasteiger partial charge in [-0.3, -0.25) is 0 Å². The van der Waals surface area contributed by atoms with Crippen LogP contribution in [0.2, 0.25) is 0 Å². The zero-order valence-electron chi connectivity index (χ0n) is 17.5. The molecule has 2 nitrogen and oxygen atoms in total. The highest BCUT2D eigenvalue weighted by Crippen LogP contribution is 2.46. The van der Waals surface area contributed by atoms with Gasteiger partial charge in [-0.05, 0) is 60.6 Å². The fourth-order valence-corrected chi connectivity index (χ4v) is 5.25. The van der Waals surface area contributed by atoms with Gasteiger partial charge in [0.05, 0.1) is 6.67 Å². The summed E-state index contributed by atoms with van der Waals surface area (Å²) in [4.78, 5) is 4.84. The highest BCUT2D eigenvalue weighted by molar-refractivity contribution is 5.78. The predicted molar refractivity (Wildman–Crippen MR) is 122 cm³/mol. The maximum absolute atomic E-state index is 2.45. The van der Waals surface area contributed by atoms with Crippen LogP contribution in [0.3, 0.4) is 0 Å². The lowest BCUT2D eigenvalue weighted by Gasteiger charge is -2.25. The summed E-state index contributed by atoms with van der Waals surface area (Å²) in [6.07, 6.45) is 5.63. The minimum absolute atomic E-state index is 0.493. The molecule has 5 rings (SSSR count). The van der Waals surface area contributed by atoms with Crippen molar-refractivity contribution in [1.82, 2.24) is 4.90 Å². The van der Waals surface area contributed by atoms with Crippen LogP contribution in [0.25, 0.3) is 11.1 Å². The van der Waals surface area contributed by atoms with Gasteiger partial charge in [0, 0.05) is 30.5 Å². The molecule has 0 spiro atoms. The molecule has 0 saturated heterocycles. The molecule has 0 radical (unpaired) electrons. The molecule has 0 unspecified atom stereocenters. The van der Waals surface area contributed by atoms with Gasteiger partial charge in [-0.15, -0.1) is 0 Å². The topological polar surface area (TPSA) is 6.48 Å². The quantitative estimate of drug-likeness (QED) is 0.519. The maximum atomic E-state index is 2.45. The number of hydrogen-bond acceptors (Lipinski definition) is 2. The van der Waals surface area contributed by atoms with Crippen molar-refractivity contribution in [1.29, 1.82) is 0 Å². The van der Waals surface area contributed by atoms with Gasteiger partial charge in [0.15, 0.2) is 0 Å². The van der Waals surface area contributed by atoms with Crippen molar-refractivity contribution in [3.8, 4) is 11.1 Å². The van der Waals surface area contributed by atoms with E-state index in [9.17, 15) is 0 Å². The molecular weight excluding hydrogens is 352 g/mol. The molecule has 2 heteroatoms. The van der Waals surface area contributed by atoms with E-state index in [2.05, 4.69) is 104 Å². The Balaban J connectivity index is 1.32. The largest absolute Gasteiger partial charge is 0.358 e. The van der Waals surface area contributed by atoms with Gasteiger partial charge >= 0.3 is 0 Å². The summed E-state index contributed by atoms with van der Waals surface area (Å²) in [7, 11) is 0. The van der Waals surface area contributed by atoms with E-state index in [0.717, 1.165) is 19.6 Å². The Labute approximate surface area is 174 Å². The SMILES string of the molecule is Cc1cc(C)c(N2C=CN(CCC3c4ccccc4-c4ccccc43)C2)c(C)c1. The molecule has 1 aliphatic heterocycles. The molecule has 3 aromatic rings. The molecule has 3 aromatic carbocycles. The summed E-state index contributed by atoms with van der Waals surface area (Å²) >= 11 is 0. The number of fused-ring (bicyclic) bond motifs is 3. The van der Waals surface area contributed by atoms with Crippen LogP contribution in [0.4, 0.5) is 5.69 Å². The Morgan fingerprint density at radius 3 is 2.00 bits per heavy atom. The summed E-state index contributed by atoms with van der Waals surface area (Å²) < 4.78 is 0. The van der Waals surface area contributed by atoms with E-state index in [1.165, 1.54) is 44.6 Å². The Morgan fingerprint density at radius 2 is 1.38 bits per heavy atom. The van der Waals surface area contributed by atoms with E-state index in [1.54, 1.807) is 0 Å². The lowest BCUT2D eigenvalue weighted by molar-refractivity contribution is 0.390. The van der Waals surface area contributed by atoms with E-state index in [1.807, 2.05) is 0 Å². The van der Waals surface area contributed by atoms with Crippen molar-refractivity contribution in [3.63, 3.8) is 0 Å². The molecule has 2 aliphatic rings. The summed E-state index contributed by atoms with van der Waals surface area (Å²) in [6, 6.07) is 22.4. The summed E-state index contributed by atoms with van der Waals surface area (Å²) in [6.45, 7) is 8.61. The molecule has 0 saturated carbocycles. The minimum Gasteiger partial charge on any atom is -0.358 e. The first-order valence-electron chi connectivity index (χ1n) is 10.6. The van der Waals surface area contributed by atoms with Crippen LogP contribution >= 0.6 is 0 Å². The highest BCUT2D eigenvalue weighted by Gasteiger charge is 2.28. The first kappa shape index (κ1) is 18.1. The second-order valence-corrected chi connectivity index (χ2v) is 8.48. The molecule has 146 valence electrons. The van der Waals surface area contributed by atoms with Gasteiger partial charge in [0.1, 0.15) is 0 Å². The van der Waals surface area contributed by atoms with Crippen LogP contribution in [0.1, 0.15) is 40.2 Å². The fraction of sp³-hybridized carbons (Fsp3) is 0.259. The smallest absolute Gasteiger partial charge is 0.0942 e. The Bertz CT molecular complexity index is 1030. The lowest BCUT2D eigenvalue weighted by atomic mass is 9.93. The van der Waals surface area contributed by atoms with Gasteiger partial charge < -0.3 is 9.80 Å². The lowest BCUT2D eigenvalue weighted by Crippen LogP contribution is -2.27. The standard InChI is InChI=1S/C27H28N2/c1-19-16-20(2)27(21(3)17-19)29-15-14-28(18-29)13-12-26-24-10-6-4-8-22(24)23-9-5-7-11-25(23)26/h4-11,14-17,26H,12-13,18H2,1-3H3. The summed E-state index contributed by atoms with van der Waals surface area (Å²) in [5, 5.41) is 0. The molecule has 0 aromatic heterocycles. The second kappa shape index (κ2) is 7.11. The van der Waals surface area contributed by atoms with Gasteiger partial charge in [-0.25, -0.2) is 0 Å². The first-order valence-corrected chi connectivity index (χ1v) is 10.6. The molecule has 0 N–H and O–H groups in total. The Morgan fingerprint density at radius 1 is 0.793 bits per heavy atom. The Hall–Kier alpha value is -3.00. The van der Waals surface area contributed by atoms with Crippen LogP contribution in [0.15, 0.2) is 73.1 Å². The maximum Gasteiger partial charge on any atom is 0.0942 e. The number of rotatable bonds is 4. The van der Waals surface area contributed by atoms with Crippen molar-refractivity contribution in [2.24, 2.45) is 0 Å². The second-order valence-electron chi connectivity index (χ2n) is 8.48. The third-order valence-electron chi connectivity index (χ3n) is 6.38. The van der Waals surface area contributed by atoms with Crippen LogP contribution in [-0.2, 0) is 0 Å². The number of nitrogens with zero attached hydrogens (tertiary/aromatic N) is 2. The van der Waals surface area contributed by atoms with E-state index < -0.39 is 0 Å². The number of anilines is 1. The van der Waals surface area contributed by atoms with Crippen molar-refractivity contribution in [3.05, 3.63) is 101 Å². The number of hydrogen-bond donors (Lipinski definition) is 0. The molecular formula is C27H28N2. The highest BCUT2D eigenvalue weighted by atomic mass is 15.3. The van der Waals surface area contributed by atoms with Gasteiger partial charge in [-0.2, -0.15) is 0 Å². The van der Waals surface area contributed by atoms with Crippen LogP contribution < -0.4 is 4.90 Å². The molecule has 0 amide bonds. The monoisotopic (exact) mass is 380 g/mol. The zero-order valence-corrected chi connectivity index (χ0v) is 17.5. The molecule has 0 bridgehead atoms. The molecule has 0 atom stereocenters. The Kier molecular flexibility index (Phi) is 4.43. The molecule has 29 heavy (non-hydrogen) atoms. The van der Waals surface area contributed by atoms with Crippen LogP contribution in [0.5, 0.6) is 0 Å². The van der Waals surface area contributed by atoms with Crippen LogP contribution in [-0.4, -0.2) is 18.1 Å². The van der Waals surface area contributed by atoms with Crippen molar-refractivity contribution >= 4 is 5.69 Å². The molecule has 0 fully saturated rings. The van der Waals surface area contributed by atoms with E-state index in [4.69, 9.17) is 0 Å². The molecule has 1 aliphatic carbocycles. The minimum atomic E-state index is 0.493. The first-order chi connectivity index (χ1) is 14.1. The van der Waals surface area contributed by atoms with E-state index in [-0.39, 0.29) is 0 Å². The fourth-order valence-electron chi connectivity index (χ4n) is 5.25. The number of benzene rings is 3.